The van der Waals surface area contributed by atoms with Gasteiger partial charge in [0.15, 0.2) is 0 Å². The minimum Gasteiger partial charge on any atom is -0.494 e. The molecule has 3 N–H and O–H groups in total. The van der Waals surface area contributed by atoms with Gasteiger partial charge in [-0.25, -0.2) is 4.79 Å². The second-order valence-electron chi connectivity index (χ2n) is 11.4. The van der Waals surface area contributed by atoms with Crippen LogP contribution in [0.1, 0.15) is 68.7 Å². The molecular weight excluding hydrogens is 478 g/mol. The van der Waals surface area contributed by atoms with E-state index in [2.05, 4.69) is 19.2 Å². The molecule has 3 rings (SSSR count). The lowest BCUT2D eigenvalue weighted by molar-refractivity contribution is -0.122. The van der Waals surface area contributed by atoms with E-state index in [1.165, 1.54) is 5.56 Å². The number of ether oxygens (including phenoxy) is 2. The van der Waals surface area contributed by atoms with Gasteiger partial charge >= 0.3 is 6.09 Å². The molecule has 208 valence electrons. The highest BCUT2D eigenvalue weighted by Gasteiger charge is 2.27. The van der Waals surface area contributed by atoms with E-state index in [-0.39, 0.29) is 12.0 Å². The molecule has 2 amide bonds. The molecule has 2 atom stereocenters. The van der Waals surface area contributed by atoms with Crippen LogP contribution in [-0.2, 0) is 22.5 Å². The second kappa shape index (κ2) is 13.7. The summed E-state index contributed by atoms with van der Waals surface area (Å²) in [6.07, 6.45) is 4.07. The number of nitrogens with two attached hydrogens (primary N) is 1. The van der Waals surface area contributed by atoms with Crippen LogP contribution in [0.15, 0.2) is 42.5 Å². The van der Waals surface area contributed by atoms with E-state index >= 15 is 0 Å². The number of aryl methyl sites for hydroxylation is 2. The zero-order valence-electron chi connectivity index (χ0n) is 23.7. The number of hydrogen-bond acceptors (Lipinski definition) is 5. The van der Waals surface area contributed by atoms with Gasteiger partial charge < -0.3 is 25.4 Å². The Hall–Kier alpha value is -3.06. The van der Waals surface area contributed by atoms with Crippen LogP contribution in [0.2, 0.25) is 0 Å². The predicted molar refractivity (Wildman–Crippen MR) is 151 cm³/mol. The van der Waals surface area contributed by atoms with Crippen LogP contribution in [0, 0.1) is 19.8 Å². The van der Waals surface area contributed by atoms with Crippen LogP contribution < -0.4 is 15.8 Å². The molecule has 2 aromatic rings. The summed E-state index contributed by atoms with van der Waals surface area (Å²) in [4.78, 5) is 26.9. The fourth-order valence-corrected chi connectivity index (χ4v) is 4.71. The highest BCUT2D eigenvalue weighted by Crippen LogP contribution is 2.25. The number of likely N-dealkylation sites (tertiary alicyclic amines) is 1. The predicted octanol–water partition coefficient (Wildman–Crippen LogP) is 5.30. The third-order valence-corrected chi connectivity index (χ3v) is 7.09. The Kier molecular flexibility index (Phi) is 10.6. The Labute approximate surface area is 228 Å². The molecule has 0 radical (unpaired) electrons. The standard InChI is InChI=1S/C31H45N3O4/c1-22-18-27(37-17-15-25-12-9-16-34(21-25)30(36)38-31(3,4)5)19-26(23(22)2)20-33-29(35)28(32)14-13-24-10-7-6-8-11-24/h6-8,10-11,18-19,25,28H,9,12-17,20-21,32H2,1-5H3,(H,33,35). The quantitative estimate of drug-likeness (QED) is 0.441. The minimum absolute atomic E-state index is 0.142. The average Bonchev–Trinajstić information content (AvgIpc) is 2.88. The SMILES string of the molecule is Cc1cc(OCCC2CCCN(C(=O)OC(C)(C)C)C2)cc(CNC(=O)C(N)CCc2ccccc2)c1C. The topological polar surface area (TPSA) is 93.9 Å². The van der Waals surface area contributed by atoms with Crippen molar-refractivity contribution in [1.82, 2.24) is 10.2 Å². The first-order valence-corrected chi connectivity index (χ1v) is 13.8. The van der Waals surface area contributed by atoms with Crippen molar-refractivity contribution in [2.24, 2.45) is 11.7 Å². The van der Waals surface area contributed by atoms with Gasteiger partial charge in [0.25, 0.3) is 0 Å². The first-order chi connectivity index (χ1) is 18.0. The Morgan fingerprint density at radius 1 is 1.16 bits per heavy atom. The van der Waals surface area contributed by atoms with Crippen molar-refractivity contribution in [3.8, 4) is 5.75 Å². The molecule has 1 saturated heterocycles. The molecular formula is C31H45N3O4. The number of hydrogen-bond donors (Lipinski definition) is 2. The van der Waals surface area contributed by atoms with Crippen molar-refractivity contribution >= 4 is 12.0 Å². The van der Waals surface area contributed by atoms with Gasteiger partial charge in [-0.1, -0.05) is 30.3 Å². The third-order valence-electron chi connectivity index (χ3n) is 7.09. The Balaban J connectivity index is 1.47. The van der Waals surface area contributed by atoms with Crippen LogP contribution in [-0.4, -0.2) is 48.2 Å². The van der Waals surface area contributed by atoms with Crippen LogP contribution in [0.25, 0.3) is 0 Å². The smallest absolute Gasteiger partial charge is 0.410 e. The summed E-state index contributed by atoms with van der Waals surface area (Å²) in [5.74, 6) is 1.04. The van der Waals surface area contributed by atoms with Crippen molar-refractivity contribution in [2.45, 2.75) is 84.9 Å². The van der Waals surface area contributed by atoms with Crippen molar-refractivity contribution in [3.05, 3.63) is 64.7 Å². The van der Waals surface area contributed by atoms with Crippen molar-refractivity contribution in [3.63, 3.8) is 0 Å². The average molecular weight is 524 g/mol. The maximum absolute atomic E-state index is 12.6. The van der Waals surface area contributed by atoms with E-state index in [1.54, 1.807) is 0 Å². The molecule has 1 aliphatic heterocycles. The van der Waals surface area contributed by atoms with E-state index in [4.69, 9.17) is 15.2 Å². The monoisotopic (exact) mass is 523 g/mol. The van der Waals surface area contributed by atoms with E-state index in [1.807, 2.05) is 68.1 Å². The molecule has 1 fully saturated rings. The van der Waals surface area contributed by atoms with Gasteiger partial charge in [0.05, 0.1) is 12.6 Å². The van der Waals surface area contributed by atoms with Gasteiger partial charge in [0, 0.05) is 19.6 Å². The molecule has 1 aliphatic rings. The lowest BCUT2D eigenvalue weighted by Gasteiger charge is -2.34. The number of nitrogens with one attached hydrogen (secondary N) is 1. The Bertz CT molecular complexity index is 1060. The highest BCUT2D eigenvalue weighted by molar-refractivity contribution is 5.81. The van der Waals surface area contributed by atoms with Crippen LogP contribution >= 0.6 is 0 Å². The highest BCUT2D eigenvalue weighted by atomic mass is 16.6. The maximum Gasteiger partial charge on any atom is 0.410 e. The van der Waals surface area contributed by atoms with E-state index in [0.29, 0.717) is 32.0 Å². The number of carbonyl (C=O) groups is 2. The van der Waals surface area contributed by atoms with Crippen LogP contribution in [0.3, 0.4) is 0 Å². The van der Waals surface area contributed by atoms with Gasteiger partial charge in [-0.15, -0.1) is 0 Å². The summed E-state index contributed by atoms with van der Waals surface area (Å²) < 4.78 is 11.7. The number of rotatable bonds is 10. The molecule has 2 unspecified atom stereocenters. The fourth-order valence-electron chi connectivity index (χ4n) is 4.71. The summed E-state index contributed by atoms with van der Waals surface area (Å²) in [6.45, 7) is 12.2. The third kappa shape index (κ3) is 9.35. The molecule has 2 aromatic carbocycles. The van der Waals surface area contributed by atoms with Crippen molar-refractivity contribution in [2.75, 3.05) is 19.7 Å². The molecule has 7 nitrogen and oxygen atoms in total. The summed E-state index contributed by atoms with van der Waals surface area (Å²) in [5.41, 5.74) is 10.1. The Morgan fingerprint density at radius 2 is 1.89 bits per heavy atom. The first kappa shape index (κ1) is 29.5. The number of carbonyl (C=O) groups excluding carboxylic acids is 2. The summed E-state index contributed by atoms with van der Waals surface area (Å²) in [5, 5.41) is 3.00. The van der Waals surface area contributed by atoms with Gasteiger partial charge in [-0.05, 0) is 107 Å². The molecule has 1 heterocycles. The molecule has 0 aliphatic carbocycles. The van der Waals surface area contributed by atoms with E-state index < -0.39 is 11.6 Å². The summed E-state index contributed by atoms with van der Waals surface area (Å²) >= 11 is 0. The lowest BCUT2D eigenvalue weighted by Crippen LogP contribution is -2.43. The van der Waals surface area contributed by atoms with E-state index in [0.717, 1.165) is 54.7 Å². The Morgan fingerprint density at radius 3 is 2.61 bits per heavy atom. The molecule has 0 aromatic heterocycles. The number of amides is 2. The molecule has 0 bridgehead atoms. The summed E-state index contributed by atoms with van der Waals surface area (Å²) in [7, 11) is 0. The van der Waals surface area contributed by atoms with Crippen LogP contribution in [0.4, 0.5) is 4.79 Å². The lowest BCUT2D eigenvalue weighted by atomic mass is 9.95. The van der Waals surface area contributed by atoms with Gasteiger partial charge in [0.2, 0.25) is 5.91 Å². The van der Waals surface area contributed by atoms with Gasteiger partial charge in [0.1, 0.15) is 11.4 Å². The molecule has 38 heavy (non-hydrogen) atoms. The number of nitrogens with zero attached hydrogens (tertiary/aromatic N) is 1. The largest absolute Gasteiger partial charge is 0.494 e. The molecule has 0 saturated carbocycles. The molecule has 0 spiro atoms. The van der Waals surface area contributed by atoms with E-state index in [9.17, 15) is 9.59 Å². The van der Waals surface area contributed by atoms with Gasteiger partial charge in [-0.3, -0.25) is 4.79 Å². The second-order valence-corrected chi connectivity index (χ2v) is 11.4. The zero-order chi connectivity index (χ0) is 27.7. The normalized spacial score (nSPS) is 16.6. The van der Waals surface area contributed by atoms with Crippen LogP contribution in [0.5, 0.6) is 5.75 Å². The van der Waals surface area contributed by atoms with Crippen molar-refractivity contribution in [1.29, 1.82) is 0 Å². The minimum atomic E-state index is -0.549. The number of benzene rings is 2. The molecule has 7 heteroatoms. The van der Waals surface area contributed by atoms with Gasteiger partial charge in [-0.2, -0.15) is 0 Å². The zero-order valence-corrected chi connectivity index (χ0v) is 23.7. The number of piperidine rings is 1. The summed E-state index contributed by atoms with van der Waals surface area (Å²) in [6, 6.07) is 13.6. The maximum atomic E-state index is 12.6. The van der Waals surface area contributed by atoms with Crippen molar-refractivity contribution < 1.29 is 19.1 Å². The first-order valence-electron chi connectivity index (χ1n) is 13.8. The fraction of sp³-hybridized carbons (Fsp3) is 0.548.